The Balaban J connectivity index is 1.74. The maximum atomic E-state index is 12.5. The average molecular weight is 257 g/mol. The Labute approximate surface area is 113 Å². The van der Waals surface area contributed by atoms with Crippen molar-refractivity contribution in [1.82, 2.24) is 5.06 Å². The number of benzene rings is 1. The smallest absolute Gasteiger partial charge is 0.249 e. The van der Waals surface area contributed by atoms with Crippen LogP contribution in [0.4, 0.5) is 0 Å². The molecular formula is C16H19NO2. The second kappa shape index (κ2) is 5.57. The van der Waals surface area contributed by atoms with Crippen molar-refractivity contribution in [2.45, 2.75) is 25.7 Å². The third kappa shape index (κ3) is 2.87. The first-order valence-electron chi connectivity index (χ1n) is 6.99. The molecule has 0 aliphatic carbocycles. The third-order valence-electron chi connectivity index (χ3n) is 3.92. The molecule has 0 radical (unpaired) electrons. The van der Waals surface area contributed by atoms with Crippen molar-refractivity contribution in [3.05, 3.63) is 47.5 Å². The first-order valence-corrected chi connectivity index (χ1v) is 6.99. The molecule has 100 valence electrons. The number of amides is 1. The molecule has 1 aromatic rings. The van der Waals surface area contributed by atoms with E-state index < -0.39 is 0 Å². The fraction of sp³-hybridized carbons (Fsp3) is 0.438. The van der Waals surface area contributed by atoms with Crippen LogP contribution in [0.15, 0.2) is 42.0 Å². The fourth-order valence-corrected chi connectivity index (χ4v) is 2.85. The van der Waals surface area contributed by atoms with Crippen LogP contribution in [0.5, 0.6) is 0 Å². The van der Waals surface area contributed by atoms with Gasteiger partial charge in [-0.15, -0.1) is 0 Å². The predicted octanol–water partition coefficient (Wildman–Crippen LogP) is 2.73. The number of hydrogen-bond donors (Lipinski definition) is 0. The highest BCUT2D eigenvalue weighted by Gasteiger charge is 2.29. The number of nitrogens with zero attached hydrogens (tertiary/aromatic N) is 1. The molecule has 1 amide bonds. The van der Waals surface area contributed by atoms with Crippen molar-refractivity contribution in [1.29, 1.82) is 0 Å². The summed E-state index contributed by atoms with van der Waals surface area (Å²) in [6.07, 6.45) is 6.08. The quantitative estimate of drug-likeness (QED) is 0.762. The van der Waals surface area contributed by atoms with Crippen LogP contribution in [0.1, 0.15) is 24.8 Å². The molecular weight excluding hydrogens is 238 g/mol. The molecule has 2 bridgehead atoms. The van der Waals surface area contributed by atoms with Gasteiger partial charge in [-0.1, -0.05) is 36.4 Å². The van der Waals surface area contributed by atoms with Crippen LogP contribution in [0.3, 0.4) is 0 Å². The standard InChI is InChI=1S/C16H19NO2/c18-16-15(11-13-5-2-1-3-6-13)8-4-7-14-9-10-19-17(16)12-14/h1-3,5-6,9,15H,4,7-8,10-12H2/t15-/m1/s1. The summed E-state index contributed by atoms with van der Waals surface area (Å²) in [5.74, 6) is 0.205. The lowest BCUT2D eigenvalue weighted by Gasteiger charge is -2.32. The molecule has 0 N–H and O–H groups in total. The van der Waals surface area contributed by atoms with Crippen molar-refractivity contribution in [2.24, 2.45) is 5.92 Å². The molecule has 3 rings (SSSR count). The van der Waals surface area contributed by atoms with Gasteiger partial charge in [0.05, 0.1) is 13.2 Å². The van der Waals surface area contributed by atoms with Crippen molar-refractivity contribution in [3.63, 3.8) is 0 Å². The first kappa shape index (κ1) is 12.4. The maximum Gasteiger partial charge on any atom is 0.249 e. The van der Waals surface area contributed by atoms with Gasteiger partial charge >= 0.3 is 0 Å². The molecule has 2 aliphatic heterocycles. The molecule has 3 heteroatoms. The van der Waals surface area contributed by atoms with E-state index in [0.717, 1.165) is 25.7 Å². The third-order valence-corrected chi connectivity index (χ3v) is 3.92. The predicted molar refractivity (Wildman–Crippen MR) is 73.2 cm³/mol. The highest BCUT2D eigenvalue weighted by Crippen LogP contribution is 2.25. The van der Waals surface area contributed by atoms with Crippen LogP contribution in [0.2, 0.25) is 0 Å². The van der Waals surface area contributed by atoms with Gasteiger partial charge < -0.3 is 0 Å². The van der Waals surface area contributed by atoms with Crippen molar-refractivity contribution in [2.75, 3.05) is 13.2 Å². The second-order valence-corrected chi connectivity index (χ2v) is 5.31. The summed E-state index contributed by atoms with van der Waals surface area (Å²) >= 11 is 0. The van der Waals surface area contributed by atoms with E-state index >= 15 is 0 Å². The molecule has 0 aromatic heterocycles. The van der Waals surface area contributed by atoms with E-state index in [2.05, 4.69) is 18.2 Å². The molecule has 3 nitrogen and oxygen atoms in total. The Bertz CT molecular complexity index is 481. The second-order valence-electron chi connectivity index (χ2n) is 5.31. The number of hydrogen-bond acceptors (Lipinski definition) is 2. The topological polar surface area (TPSA) is 29.5 Å². The molecule has 19 heavy (non-hydrogen) atoms. The molecule has 2 aliphatic rings. The van der Waals surface area contributed by atoms with Gasteiger partial charge in [-0.2, -0.15) is 0 Å². The lowest BCUT2D eigenvalue weighted by atomic mass is 9.90. The van der Waals surface area contributed by atoms with E-state index in [1.807, 2.05) is 18.2 Å². The summed E-state index contributed by atoms with van der Waals surface area (Å²) in [6.45, 7) is 1.20. The Morgan fingerprint density at radius 2 is 2.11 bits per heavy atom. The zero-order valence-electron chi connectivity index (χ0n) is 11.0. The monoisotopic (exact) mass is 257 g/mol. The minimum Gasteiger partial charge on any atom is -0.272 e. The first-order chi connectivity index (χ1) is 9.33. The number of rotatable bonds is 2. The summed E-state index contributed by atoms with van der Waals surface area (Å²) in [4.78, 5) is 18.0. The summed E-state index contributed by atoms with van der Waals surface area (Å²) < 4.78 is 0. The Hall–Kier alpha value is -1.61. The van der Waals surface area contributed by atoms with Gasteiger partial charge in [0.15, 0.2) is 0 Å². The molecule has 2 heterocycles. The van der Waals surface area contributed by atoms with Gasteiger partial charge in [0, 0.05) is 5.92 Å². The summed E-state index contributed by atoms with van der Waals surface area (Å²) in [5, 5.41) is 1.57. The minimum absolute atomic E-state index is 0.0575. The molecule has 0 spiro atoms. The van der Waals surface area contributed by atoms with E-state index in [1.54, 1.807) is 5.06 Å². The minimum atomic E-state index is 0.0575. The van der Waals surface area contributed by atoms with Crippen LogP contribution >= 0.6 is 0 Å². The summed E-state index contributed by atoms with van der Waals surface area (Å²) in [7, 11) is 0. The summed E-state index contributed by atoms with van der Waals surface area (Å²) in [5.41, 5.74) is 2.58. The van der Waals surface area contributed by atoms with Gasteiger partial charge in [-0.05, 0) is 36.8 Å². The Morgan fingerprint density at radius 3 is 2.95 bits per heavy atom. The fourth-order valence-electron chi connectivity index (χ4n) is 2.85. The number of fused-ring (bicyclic) bond motifs is 2. The van der Waals surface area contributed by atoms with Crippen LogP contribution in [-0.2, 0) is 16.1 Å². The van der Waals surface area contributed by atoms with E-state index in [4.69, 9.17) is 4.84 Å². The molecule has 0 unspecified atom stereocenters. The van der Waals surface area contributed by atoms with Crippen LogP contribution < -0.4 is 0 Å². The zero-order valence-corrected chi connectivity index (χ0v) is 11.0. The number of hydroxylamine groups is 2. The lowest BCUT2D eigenvalue weighted by Crippen LogP contribution is -2.41. The highest BCUT2D eigenvalue weighted by atomic mass is 16.7. The molecule has 1 fully saturated rings. The lowest BCUT2D eigenvalue weighted by molar-refractivity contribution is -0.188. The van der Waals surface area contributed by atoms with Gasteiger partial charge in [0.2, 0.25) is 5.91 Å². The number of carbonyl (C=O) groups excluding carboxylic acids is 1. The van der Waals surface area contributed by atoms with Gasteiger partial charge in [0.1, 0.15) is 0 Å². The largest absolute Gasteiger partial charge is 0.272 e. The molecule has 1 saturated heterocycles. The van der Waals surface area contributed by atoms with E-state index in [-0.39, 0.29) is 11.8 Å². The van der Waals surface area contributed by atoms with Crippen LogP contribution in [0.25, 0.3) is 0 Å². The van der Waals surface area contributed by atoms with Crippen molar-refractivity contribution < 1.29 is 9.63 Å². The molecule has 0 saturated carbocycles. The SMILES string of the molecule is O=C1[C@@H](Cc2ccccc2)CCCC2=CCON1C2. The van der Waals surface area contributed by atoms with Crippen LogP contribution in [0, 0.1) is 5.92 Å². The van der Waals surface area contributed by atoms with Crippen molar-refractivity contribution >= 4 is 5.91 Å². The molecule has 1 atom stereocenters. The van der Waals surface area contributed by atoms with E-state index in [9.17, 15) is 4.79 Å². The van der Waals surface area contributed by atoms with Crippen LogP contribution in [-0.4, -0.2) is 24.1 Å². The van der Waals surface area contributed by atoms with E-state index in [0.29, 0.717) is 13.2 Å². The average Bonchev–Trinajstić information content (AvgIpc) is 2.46. The Morgan fingerprint density at radius 1 is 1.26 bits per heavy atom. The van der Waals surface area contributed by atoms with Crippen molar-refractivity contribution in [3.8, 4) is 0 Å². The number of carbonyl (C=O) groups is 1. The normalized spacial score (nSPS) is 23.6. The summed E-state index contributed by atoms with van der Waals surface area (Å²) in [6, 6.07) is 10.2. The highest BCUT2D eigenvalue weighted by molar-refractivity contribution is 5.78. The maximum absolute atomic E-state index is 12.5. The van der Waals surface area contributed by atoms with Gasteiger partial charge in [-0.3, -0.25) is 9.63 Å². The zero-order chi connectivity index (χ0) is 13.1. The van der Waals surface area contributed by atoms with Gasteiger partial charge in [-0.25, -0.2) is 5.06 Å². The Kier molecular flexibility index (Phi) is 3.65. The van der Waals surface area contributed by atoms with Gasteiger partial charge in [0.25, 0.3) is 0 Å². The van der Waals surface area contributed by atoms with E-state index in [1.165, 1.54) is 11.1 Å². The molecule has 1 aromatic carbocycles.